The number of hydrogen-bond acceptors (Lipinski definition) is 5. The van der Waals surface area contributed by atoms with Gasteiger partial charge in [-0.3, -0.25) is 14.5 Å². The van der Waals surface area contributed by atoms with Crippen LogP contribution >= 0.6 is 11.3 Å². The quantitative estimate of drug-likeness (QED) is 0.773. The number of carbonyl (C=O) groups excluding carboxylic acids is 3. The summed E-state index contributed by atoms with van der Waals surface area (Å²) in [4.78, 5) is 43.8. The van der Waals surface area contributed by atoms with Crippen molar-refractivity contribution in [2.75, 3.05) is 32.7 Å². The van der Waals surface area contributed by atoms with Crippen molar-refractivity contribution in [3.8, 4) is 0 Å². The van der Waals surface area contributed by atoms with Crippen LogP contribution in [0.4, 0.5) is 4.79 Å². The molecule has 0 N–H and O–H groups in total. The molecule has 7 nitrogen and oxygen atoms in total. The van der Waals surface area contributed by atoms with Crippen LogP contribution in [0.5, 0.6) is 0 Å². The number of fused-ring (bicyclic) bond motifs is 2. The van der Waals surface area contributed by atoms with Gasteiger partial charge in [-0.05, 0) is 24.3 Å². The second-order valence-corrected chi connectivity index (χ2v) is 8.92. The summed E-state index contributed by atoms with van der Waals surface area (Å²) in [6.07, 6.45) is 3.04. The van der Waals surface area contributed by atoms with Crippen molar-refractivity contribution in [2.24, 2.45) is 5.92 Å². The van der Waals surface area contributed by atoms with Crippen LogP contribution in [0.15, 0.2) is 17.5 Å². The molecule has 1 unspecified atom stereocenters. The number of amides is 3. The van der Waals surface area contributed by atoms with Gasteiger partial charge in [0.25, 0.3) is 5.91 Å². The summed E-state index contributed by atoms with van der Waals surface area (Å²) in [5, 5.41) is 1.90. The molecule has 27 heavy (non-hydrogen) atoms. The van der Waals surface area contributed by atoms with Crippen LogP contribution in [0.1, 0.15) is 35.4 Å². The van der Waals surface area contributed by atoms with E-state index in [-0.39, 0.29) is 29.9 Å². The molecule has 5 rings (SSSR count). The largest absolute Gasteiger partial charge is 0.440 e. The summed E-state index contributed by atoms with van der Waals surface area (Å²) < 4.78 is 5.87. The Bertz CT molecular complexity index is 768. The molecule has 4 aliphatic rings. The SMILES string of the molecule is O=C(c1cccs1)N1CCN2C(=O)OC3(CCN(C(=O)C4CC4)CC3)C2C1. The highest BCUT2D eigenvalue weighted by Crippen LogP contribution is 2.41. The van der Waals surface area contributed by atoms with Gasteiger partial charge in [0, 0.05) is 51.5 Å². The molecule has 3 amide bonds. The molecular weight excluding hydrogens is 366 g/mol. The number of nitrogens with zero attached hydrogens (tertiary/aromatic N) is 3. The summed E-state index contributed by atoms with van der Waals surface area (Å²) in [5.74, 6) is 0.500. The highest BCUT2D eigenvalue weighted by atomic mass is 32.1. The lowest BCUT2D eigenvalue weighted by Gasteiger charge is -2.45. The third-order valence-electron chi connectivity index (χ3n) is 6.38. The molecule has 4 heterocycles. The molecule has 4 fully saturated rings. The van der Waals surface area contributed by atoms with E-state index >= 15 is 0 Å². The standard InChI is InChI=1S/C19H23N3O4S/c23-16(13-3-4-13)20-7-5-19(6-8-20)15-12-21(9-10-22(15)18(25)26-19)17(24)14-2-1-11-27-14/h1-2,11,13,15H,3-10,12H2. The van der Waals surface area contributed by atoms with E-state index in [2.05, 4.69) is 0 Å². The van der Waals surface area contributed by atoms with Crippen molar-refractivity contribution >= 4 is 29.2 Å². The number of thiophene rings is 1. The molecule has 1 aromatic rings. The Hall–Kier alpha value is -2.09. The van der Waals surface area contributed by atoms with E-state index in [1.807, 2.05) is 27.3 Å². The van der Waals surface area contributed by atoms with Crippen molar-refractivity contribution in [2.45, 2.75) is 37.3 Å². The third kappa shape index (κ3) is 2.81. The van der Waals surface area contributed by atoms with Gasteiger partial charge in [-0.15, -0.1) is 11.3 Å². The zero-order valence-electron chi connectivity index (χ0n) is 15.1. The lowest BCUT2D eigenvalue weighted by molar-refractivity contribution is -0.136. The molecule has 0 aromatic carbocycles. The number of hydrogen-bond donors (Lipinski definition) is 0. The minimum absolute atomic E-state index is 0.0282. The minimum atomic E-state index is -0.578. The van der Waals surface area contributed by atoms with E-state index in [1.165, 1.54) is 11.3 Å². The molecule has 144 valence electrons. The Morgan fingerprint density at radius 2 is 1.89 bits per heavy atom. The van der Waals surface area contributed by atoms with Crippen LogP contribution in [-0.2, 0) is 9.53 Å². The second-order valence-electron chi connectivity index (χ2n) is 7.97. The number of rotatable bonds is 2. The first-order valence-electron chi connectivity index (χ1n) is 9.69. The Balaban J connectivity index is 1.31. The van der Waals surface area contributed by atoms with Crippen LogP contribution < -0.4 is 0 Å². The van der Waals surface area contributed by atoms with Gasteiger partial charge in [-0.1, -0.05) is 6.07 Å². The number of carbonyl (C=O) groups is 3. The van der Waals surface area contributed by atoms with Gasteiger partial charge in [0.05, 0.1) is 10.9 Å². The zero-order chi connectivity index (χ0) is 18.6. The molecule has 3 saturated heterocycles. The lowest BCUT2D eigenvalue weighted by Crippen LogP contribution is -2.61. The van der Waals surface area contributed by atoms with Crippen LogP contribution in [0.3, 0.4) is 0 Å². The number of likely N-dealkylation sites (tertiary alicyclic amines) is 1. The fourth-order valence-electron chi connectivity index (χ4n) is 4.62. The fourth-order valence-corrected chi connectivity index (χ4v) is 5.31. The molecule has 0 radical (unpaired) electrons. The van der Waals surface area contributed by atoms with Gasteiger partial charge in [-0.25, -0.2) is 4.79 Å². The normalized spacial score (nSPS) is 26.9. The molecule has 1 aromatic heterocycles. The summed E-state index contributed by atoms with van der Waals surface area (Å²) in [6.45, 7) is 2.80. The Morgan fingerprint density at radius 3 is 2.56 bits per heavy atom. The van der Waals surface area contributed by atoms with Gasteiger partial charge in [-0.2, -0.15) is 0 Å². The summed E-state index contributed by atoms with van der Waals surface area (Å²) in [6, 6.07) is 3.60. The highest BCUT2D eigenvalue weighted by molar-refractivity contribution is 7.12. The first-order valence-corrected chi connectivity index (χ1v) is 10.6. The first-order chi connectivity index (χ1) is 13.1. The predicted molar refractivity (Wildman–Crippen MR) is 98.5 cm³/mol. The summed E-state index contributed by atoms with van der Waals surface area (Å²) in [5.41, 5.74) is -0.578. The second kappa shape index (κ2) is 6.22. The maximum absolute atomic E-state index is 12.8. The number of ether oxygens (including phenoxy) is 1. The van der Waals surface area contributed by atoms with Gasteiger partial charge < -0.3 is 14.5 Å². The van der Waals surface area contributed by atoms with E-state index in [9.17, 15) is 14.4 Å². The molecular formula is C19H23N3O4S. The van der Waals surface area contributed by atoms with E-state index in [1.54, 1.807) is 4.90 Å². The number of piperidine rings is 1. The van der Waals surface area contributed by atoms with E-state index in [0.29, 0.717) is 45.6 Å². The average Bonchev–Trinajstić information content (AvgIpc) is 3.33. The van der Waals surface area contributed by atoms with Crippen molar-refractivity contribution < 1.29 is 19.1 Å². The van der Waals surface area contributed by atoms with E-state index in [4.69, 9.17) is 4.74 Å². The van der Waals surface area contributed by atoms with Crippen LogP contribution in [0, 0.1) is 5.92 Å². The Labute approximate surface area is 161 Å². The molecule has 3 aliphatic heterocycles. The van der Waals surface area contributed by atoms with Crippen molar-refractivity contribution in [3.63, 3.8) is 0 Å². The number of piperazine rings is 1. The highest BCUT2D eigenvalue weighted by Gasteiger charge is 2.57. The third-order valence-corrected chi connectivity index (χ3v) is 7.24. The van der Waals surface area contributed by atoms with Crippen molar-refractivity contribution in [1.82, 2.24) is 14.7 Å². The molecule has 0 bridgehead atoms. The Morgan fingerprint density at radius 1 is 1.11 bits per heavy atom. The predicted octanol–water partition coefficient (Wildman–Crippen LogP) is 1.80. The minimum Gasteiger partial charge on any atom is -0.440 e. The molecule has 1 aliphatic carbocycles. The molecule has 1 atom stereocenters. The van der Waals surface area contributed by atoms with Gasteiger partial charge in [0.15, 0.2) is 0 Å². The first kappa shape index (κ1) is 17.0. The fraction of sp³-hybridized carbons (Fsp3) is 0.632. The topological polar surface area (TPSA) is 70.2 Å². The molecule has 1 saturated carbocycles. The maximum atomic E-state index is 12.8. The van der Waals surface area contributed by atoms with Crippen molar-refractivity contribution in [3.05, 3.63) is 22.4 Å². The summed E-state index contributed by atoms with van der Waals surface area (Å²) in [7, 11) is 0. The van der Waals surface area contributed by atoms with Gasteiger partial charge >= 0.3 is 6.09 Å². The average molecular weight is 389 g/mol. The lowest BCUT2D eigenvalue weighted by atomic mass is 9.83. The molecule has 1 spiro atoms. The van der Waals surface area contributed by atoms with Crippen LogP contribution in [-0.4, -0.2) is 77.0 Å². The van der Waals surface area contributed by atoms with Gasteiger partial charge in [0.2, 0.25) is 5.91 Å². The molecule has 8 heteroatoms. The van der Waals surface area contributed by atoms with Crippen LogP contribution in [0.2, 0.25) is 0 Å². The van der Waals surface area contributed by atoms with E-state index < -0.39 is 5.60 Å². The van der Waals surface area contributed by atoms with Crippen molar-refractivity contribution in [1.29, 1.82) is 0 Å². The smallest absolute Gasteiger partial charge is 0.410 e. The van der Waals surface area contributed by atoms with Gasteiger partial charge in [0.1, 0.15) is 5.60 Å². The van der Waals surface area contributed by atoms with E-state index in [0.717, 1.165) is 17.7 Å². The Kier molecular flexibility index (Phi) is 3.93. The maximum Gasteiger partial charge on any atom is 0.410 e. The summed E-state index contributed by atoms with van der Waals surface area (Å²) >= 11 is 1.44. The van der Waals surface area contributed by atoms with Crippen LogP contribution in [0.25, 0.3) is 0 Å². The monoisotopic (exact) mass is 389 g/mol. The zero-order valence-corrected chi connectivity index (χ0v) is 16.0.